The molecule has 1 fully saturated rings. The molecule has 0 atom stereocenters. The van der Waals surface area contributed by atoms with Crippen molar-refractivity contribution < 1.29 is 9.84 Å². The van der Waals surface area contributed by atoms with Crippen molar-refractivity contribution in [2.45, 2.75) is 31.9 Å². The molecule has 1 aromatic carbocycles. The summed E-state index contributed by atoms with van der Waals surface area (Å²) in [7, 11) is 0. The molecule has 1 aliphatic rings. The number of aromatic nitrogens is 1. The predicted molar refractivity (Wildman–Crippen MR) is 92.7 cm³/mol. The second-order valence-corrected chi connectivity index (χ2v) is 6.44. The summed E-state index contributed by atoms with van der Waals surface area (Å²) in [5.41, 5.74) is 2.23. The number of benzene rings is 1. The van der Waals surface area contributed by atoms with Gasteiger partial charge in [0.2, 0.25) is 0 Å². The molecule has 2 heterocycles. The van der Waals surface area contributed by atoms with E-state index in [4.69, 9.17) is 21.4 Å². The van der Waals surface area contributed by atoms with Crippen molar-refractivity contribution in [3.63, 3.8) is 0 Å². The molecule has 23 heavy (non-hydrogen) atoms. The monoisotopic (exact) mass is 334 g/mol. The smallest absolute Gasteiger partial charge is 0.0761 e. The van der Waals surface area contributed by atoms with E-state index in [9.17, 15) is 0 Å². The van der Waals surface area contributed by atoms with Gasteiger partial charge in [-0.3, -0.25) is 9.88 Å². The number of nitrogens with zero attached hydrogens (tertiary/aromatic N) is 2. The van der Waals surface area contributed by atoms with Crippen molar-refractivity contribution >= 4 is 22.5 Å². The van der Waals surface area contributed by atoms with Crippen LogP contribution >= 0.6 is 11.6 Å². The summed E-state index contributed by atoms with van der Waals surface area (Å²) in [5.74, 6) is 0. The van der Waals surface area contributed by atoms with Crippen LogP contribution in [0.25, 0.3) is 10.9 Å². The highest BCUT2D eigenvalue weighted by atomic mass is 35.5. The molecule has 5 heteroatoms. The van der Waals surface area contributed by atoms with Crippen LogP contribution in [0, 0.1) is 0 Å². The molecule has 0 unspecified atom stereocenters. The number of piperidine rings is 1. The maximum atomic E-state index is 8.80. The molecule has 3 rings (SSSR count). The van der Waals surface area contributed by atoms with E-state index in [1.807, 2.05) is 24.4 Å². The molecular formula is C18H23ClN2O2. The summed E-state index contributed by atoms with van der Waals surface area (Å²) >= 11 is 6.26. The summed E-state index contributed by atoms with van der Waals surface area (Å²) in [5, 5.41) is 10.6. The van der Waals surface area contributed by atoms with Crippen molar-refractivity contribution in [2.75, 3.05) is 26.3 Å². The third-order valence-electron chi connectivity index (χ3n) is 4.38. The Hall–Kier alpha value is -1.20. The van der Waals surface area contributed by atoms with Crippen molar-refractivity contribution in [1.82, 2.24) is 9.88 Å². The molecule has 1 aliphatic heterocycles. The summed E-state index contributed by atoms with van der Waals surface area (Å²) in [4.78, 5) is 6.96. The molecule has 0 radical (unpaired) electrons. The SMILES string of the molecule is OCCCOC1CCN(Cc2ccc(Cl)c3cccnc23)CC1. The number of aliphatic hydroxyl groups is 1. The number of fused-ring (bicyclic) bond motifs is 1. The lowest BCUT2D eigenvalue weighted by Crippen LogP contribution is -2.36. The molecule has 1 saturated heterocycles. The average molecular weight is 335 g/mol. The normalized spacial score (nSPS) is 17.0. The van der Waals surface area contributed by atoms with Crippen LogP contribution in [0.2, 0.25) is 5.02 Å². The topological polar surface area (TPSA) is 45.6 Å². The number of hydrogen-bond acceptors (Lipinski definition) is 4. The van der Waals surface area contributed by atoms with E-state index >= 15 is 0 Å². The first-order valence-electron chi connectivity index (χ1n) is 8.25. The molecular weight excluding hydrogens is 312 g/mol. The summed E-state index contributed by atoms with van der Waals surface area (Å²) in [6.07, 6.45) is 4.97. The van der Waals surface area contributed by atoms with Crippen LogP contribution in [0.1, 0.15) is 24.8 Å². The Morgan fingerprint density at radius 1 is 1.26 bits per heavy atom. The Morgan fingerprint density at radius 2 is 2.09 bits per heavy atom. The third-order valence-corrected chi connectivity index (χ3v) is 4.71. The van der Waals surface area contributed by atoms with Crippen LogP contribution in [-0.4, -0.2) is 47.4 Å². The van der Waals surface area contributed by atoms with Crippen LogP contribution in [0.5, 0.6) is 0 Å². The highest BCUT2D eigenvalue weighted by molar-refractivity contribution is 6.35. The lowest BCUT2D eigenvalue weighted by Gasteiger charge is -2.32. The highest BCUT2D eigenvalue weighted by Gasteiger charge is 2.20. The first kappa shape index (κ1) is 16.7. The van der Waals surface area contributed by atoms with E-state index < -0.39 is 0 Å². The highest BCUT2D eigenvalue weighted by Crippen LogP contribution is 2.26. The summed E-state index contributed by atoms with van der Waals surface area (Å²) in [6, 6.07) is 8.00. The Kier molecular flexibility index (Phi) is 5.84. The molecule has 4 nitrogen and oxygen atoms in total. The molecule has 0 saturated carbocycles. The lowest BCUT2D eigenvalue weighted by molar-refractivity contribution is 0.000850. The maximum Gasteiger partial charge on any atom is 0.0761 e. The summed E-state index contributed by atoms with van der Waals surface area (Å²) < 4.78 is 5.79. The van der Waals surface area contributed by atoms with E-state index in [0.29, 0.717) is 12.7 Å². The van der Waals surface area contributed by atoms with Gasteiger partial charge >= 0.3 is 0 Å². The number of likely N-dealkylation sites (tertiary alicyclic amines) is 1. The number of aliphatic hydroxyl groups excluding tert-OH is 1. The Balaban J connectivity index is 1.60. The maximum absolute atomic E-state index is 8.80. The van der Waals surface area contributed by atoms with Crippen molar-refractivity contribution in [3.8, 4) is 0 Å². The quantitative estimate of drug-likeness (QED) is 0.824. The van der Waals surface area contributed by atoms with E-state index in [0.717, 1.165) is 54.8 Å². The van der Waals surface area contributed by atoms with Gasteiger partial charge in [0, 0.05) is 49.5 Å². The number of ether oxygens (including phenoxy) is 1. The molecule has 2 aromatic rings. The molecule has 124 valence electrons. The minimum Gasteiger partial charge on any atom is -0.396 e. The molecule has 0 bridgehead atoms. The lowest BCUT2D eigenvalue weighted by atomic mass is 10.0. The zero-order valence-electron chi connectivity index (χ0n) is 13.2. The molecule has 1 N–H and O–H groups in total. The van der Waals surface area contributed by atoms with Gasteiger partial charge in [-0.25, -0.2) is 0 Å². The van der Waals surface area contributed by atoms with Crippen molar-refractivity contribution in [1.29, 1.82) is 0 Å². The Labute approximate surface area is 142 Å². The van der Waals surface area contributed by atoms with Gasteiger partial charge in [0.1, 0.15) is 0 Å². The average Bonchev–Trinajstić information content (AvgIpc) is 2.59. The van der Waals surface area contributed by atoms with Crippen molar-refractivity contribution in [2.24, 2.45) is 0 Å². The second kappa shape index (κ2) is 8.06. The number of pyridine rings is 1. The minimum atomic E-state index is 0.204. The fourth-order valence-corrected chi connectivity index (χ4v) is 3.33. The Morgan fingerprint density at radius 3 is 2.87 bits per heavy atom. The zero-order valence-corrected chi connectivity index (χ0v) is 14.0. The van der Waals surface area contributed by atoms with Crippen LogP contribution in [0.3, 0.4) is 0 Å². The van der Waals surface area contributed by atoms with Crippen LogP contribution < -0.4 is 0 Å². The molecule has 0 amide bonds. The molecule has 1 aromatic heterocycles. The standard InChI is InChI=1S/C18H23ClN2O2/c19-17-5-4-14(18-16(17)3-1-8-20-18)13-21-9-6-15(7-10-21)23-12-2-11-22/h1,3-5,8,15,22H,2,6-7,9-13H2. The van der Waals surface area contributed by atoms with Gasteiger partial charge in [-0.05, 0) is 43.0 Å². The zero-order chi connectivity index (χ0) is 16.1. The van der Waals surface area contributed by atoms with Gasteiger partial charge in [0.15, 0.2) is 0 Å². The van der Waals surface area contributed by atoms with E-state index in [2.05, 4.69) is 16.0 Å². The Bertz CT molecular complexity index is 642. The number of halogens is 1. The fourth-order valence-electron chi connectivity index (χ4n) is 3.11. The number of rotatable bonds is 6. The second-order valence-electron chi connectivity index (χ2n) is 6.03. The predicted octanol–water partition coefficient (Wildman–Crippen LogP) is 3.25. The van der Waals surface area contributed by atoms with E-state index in [1.54, 1.807) is 0 Å². The van der Waals surface area contributed by atoms with Crippen molar-refractivity contribution in [3.05, 3.63) is 41.0 Å². The molecule has 0 aliphatic carbocycles. The fraction of sp³-hybridized carbons (Fsp3) is 0.500. The van der Waals surface area contributed by atoms with Gasteiger partial charge in [0.05, 0.1) is 11.6 Å². The van der Waals surface area contributed by atoms with E-state index in [1.165, 1.54) is 5.56 Å². The van der Waals surface area contributed by atoms with Crippen LogP contribution in [-0.2, 0) is 11.3 Å². The van der Waals surface area contributed by atoms with Gasteiger partial charge in [-0.2, -0.15) is 0 Å². The largest absolute Gasteiger partial charge is 0.396 e. The molecule has 0 spiro atoms. The van der Waals surface area contributed by atoms with Gasteiger partial charge < -0.3 is 9.84 Å². The number of hydrogen-bond donors (Lipinski definition) is 1. The first-order valence-corrected chi connectivity index (χ1v) is 8.62. The van der Waals surface area contributed by atoms with Crippen LogP contribution in [0.15, 0.2) is 30.5 Å². The van der Waals surface area contributed by atoms with E-state index in [-0.39, 0.29) is 6.61 Å². The first-order chi connectivity index (χ1) is 11.3. The van der Waals surface area contributed by atoms with Gasteiger partial charge in [0.25, 0.3) is 0 Å². The van der Waals surface area contributed by atoms with Gasteiger partial charge in [-0.1, -0.05) is 17.7 Å². The summed E-state index contributed by atoms with van der Waals surface area (Å²) in [6.45, 7) is 3.82. The minimum absolute atomic E-state index is 0.204. The van der Waals surface area contributed by atoms with Crippen LogP contribution in [0.4, 0.5) is 0 Å². The van der Waals surface area contributed by atoms with Gasteiger partial charge in [-0.15, -0.1) is 0 Å². The third kappa shape index (κ3) is 4.21.